The molecule has 0 spiro atoms. The van der Waals surface area contributed by atoms with Crippen molar-refractivity contribution in [2.24, 2.45) is 0 Å². The molecule has 0 aromatic heterocycles. The molecule has 38 heavy (non-hydrogen) atoms. The van der Waals surface area contributed by atoms with Crippen LogP contribution in [0, 0.1) is 6.92 Å². The third kappa shape index (κ3) is 7.07. The number of nitrogens with zero attached hydrogens (tertiary/aromatic N) is 1. The van der Waals surface area contributed by atoms with Gasteiger partial charge in [-0.25, -0.2) is 8.42 Å². The first kappa shape index (κ1) is 29.0. The monoisotopic (exact) mass is 538 g/mol. The molecule has 0 saturated heterocycles. The maximum Gasteiger partial charge on any atom is 0.251 e. The predicted octanol–water partition coefficient (Wildman–Crippen LogP) is 5.98. The van der Waals surface area contributed by atoms with Crippen LogP contribution in [0.5, 0.6) is 11.5 Å². The number of aryl methyl sites for hydroxylation is 1. The second kappa shape index (κ2) is 12.3. The van der Waals surface area contributed by atoms with E-state index < -0.39 is 10.0 Å². The standard InChI is InChI=1S/C30H38N2O5S/c1-8-37-26-15-13-25(14-16-26)32(38(7,34)35)19-23-9-11-24(12-10-23)30(33)31-22(5)28-18-27(20(2)3)29(36-6)17-21(28)4/h9-18,20,22H,8,19H2,1-7H3,(H,31,33)/t22-/m1/s1. The maximum atomic E-state index is 13.0. The third-order valence-corrected chi connectivity index (χ3v) is 7.57. The van der Waals surface area contributed by atoms with Crippen LogP contribution >= 0.6 is 0 Å². The number of sulfonamides is 1. The lowest BCUT2D eigenvalue weighted by Crippen LogP contribution is -2.29. The topological polar surface area (TPSA) is 84.9 Å². The summed E-state index contributed by atoms with van der Waals surface area (Å²) in [5, 5.41) is 3.08. The number of benzene rings is 3. The SMILES string of the molecule is CCOc1ccc(N(Cc2ccc(C(=O)N[C@H](C)c3cc(C(C)C)c(OC)cc3C)cc2)S(C)(=O)=O)cc1. The molecule has 0 radical (unpaired) electrons. The fourth-order valence-corrected chi connectivity index (χ4v) is 5.26. The molecule has 1 amide bonds. The largest absolute Gasteiger partial charge is 0.496 e. The van der Waals surface area contributed by atoms with Gasteiger partial charge in [0.1, 0.15) is 11.5 Å². The van der Waals surface area contributed by atoms with Crippen molar-refractivity contribution < 1.29 is 22.7 Å². The van der Waals surface area contributed by atoms with E-state index in [2.05, 4.69) is 25.2 Å². The Morgan fingerprint density at radius 3 is 2.13 bits per heavy atom. The Balaban J connectivity index is 1.75. The highest BCUT2D eigenvalue weighted by molar-refractivity contribution is 7.92. The van der Waals surface area contributed by atoms with E-state index in [1.165, 1.54) is 10.6 Å². The number of hydrogen-bond acceptors (Lipinski definition) is 5. The van der Waals surface area contributed by atoms with Gasteiger partial charge in [0.05, 0.1) is 38.2 Å². The zero-order chi connectivity index (χ0) is 28.0. The van der Waals surface area contributed by atoms with Crippen molar-refractivity contribution in [3.63, 3.8) is 0 Å². The zero-order valence-corrected chi connectivity index (χ0v) is 24.1. The summed E-state index contributed by atoms with van der Waals surface area (Å²) in [5.74, 6) is 1.62. The van der Waals surface area contributed by atoms with Gasteiger partial charge >= 0.3 is 0 Å². The first-order valence-corrected chi connectivity index (χ1v) is 14.6. The number of amides is 1. The van der Waals surface area contributed by atoms with E-state index in [1.54, 1.807) is 55.6 Å². The molecule has 3 aromatic carbocycles. The van der Waals surface area contributed by atoms with Gasteiger partial charge in [0, 0.05) is 5.56 Å². The van der Waals surface area contributed by atoms with E-state index in [0.717, 1.165) is 28.0 Å². The van der Waals surface area contributed by atoms with Crippen LogP contribution in [0.1, 0.15) is 72.3 Å². The van der Waals surface area contributed by atoms with Gasteiger partial charge in [-0.15, -0.1) is 0 Å². The van der Waals surface area contributed by atoms with Crippen molar-refractivity contribution in [2.45, 2.75) is 53.1 Å². The number of methoxy groups -OCH3 is 1. The molecule has 204 valence electrons. The molecule has 0 saturated carbocycles. The van der Waals surface area contributed by atoms with Gasteiger partial charge < -0.3 is 14.8 Å². The van der Waals surface area contributed by atoms with E-state index in [0.29, 0.717) is 23.6 Å². The van der Waals surface area contributed by atoms with Gasteiger partial charge in [0.2, 0.25) is 10.0 Å². The minimum atomic E-state index is -3.53. The average molecular weight is 539 g/mol. The summed E-state index contributed by atoms with van der Waals surface area (Å²) in [6.45, 7) is 10.8. The minimum absolute atomic E-state index is 0.147. The first-order valence-electron chi connectivity index (χ1n) is 12.7. The number of anilines is 1. The Bertz CT molecular complexity index is 1350. The average Bonchev–Trinajstić information content (AvgIpc) is 2.87. The van der Waals surface area contributed by atoms with Crippen molar-refractivity contribution in [1.29, 1.82) is 0 Å². The highest BCUT2D eigenvalue weighted by atomic mass is 32.2. The number of rotatable bonds is 11. The fraction of sp³-hybridized carbons (Fsp3) is 0.367. The predicted molar refractivity (Wildman–Crippen MR) is 153 cm³/mol. The van der Waals surface area contributed by atoms with Crippen molar-refractivity contribution in [3.05, 3.63) is 88.5 Å². The van der Waals surface area contributed by atoms with Crippen LogP contribution in [0.15, 0.2) is 60.7 Å². The highest BCUT2D eigenvalue weighted by Crippen LogP contribution is 2.32. The Morgan fingerprint density at radius 1 is 0.974 bits per heavy atom. The molecule has 0 heterocycles. The van der Waals surface area contributed by atoms with Crippen LogP contribution in [-0.4, -0.2) is 34.3 Å². The molecule has 0 aliphatic carbocycles. The summed E-state index contributed by atoms with van der Waals surface area (Å²) in [6.07, 6.45) is 1.18. The van der Waals surface area contributed by atoms with Crippen molar-refractivity contribution >= 4 is 21.6 Å². The number of carbonyl (C=O) groups excluding carboxylic acids is 1. The van der Waals surface area contributed by atoms with Gasteiger partial charge in [-0.1, -0.05) is 26.0 Å². The van der Waals surface area contributed by atoms with Gasteiger partial charge in [0.25, 0.3) is 5.91 Å². The molecule has 3 aromatic rings. The zero-order valence-electron chi connectivity index (χ0n) is 23.2. The molecule has 0 bridgehead atoms. The Labute approximate surface area is 226 Å². The lowest BCUT2D eigenvalue weighted by Gasteiger charge is -2.23. The maximum absolute atomic E-state index is 13.0. The first-order chi connectivity index (χ1) is 17.9. The lowest BCUT2D eigenvalue weighted by molar-refractivity contribution is 0.0939. The highest BCUT2D eigenvalue weighted by Gasteiger charge is 2.20. The van der Waals surface area contributed by atoms with Crippen LogP contribution in [0.4, 0.5) is 5.69 Å². The summed E-state index contributed by atoms with van der Waals surface area (Å²) in [6, 6.07) is 17.9. The Kier molecular flexibility index (Phi) is 9.44. The summed E-state index contributed by atoms with van der Waals surface area (Å²) in [7, 11) is -1.86. The van der Waals surface area contributed by atoms with E-state index in [4.69, 9.17) is 9.47 Å². The number of hydrogen-bond donors (Lipinski definition) is 1. The fourth-order valence-electron chi connectivity index (χ4n) is 4.37. The number of carbonyl (C=O) groups is 1. The number of nitrogens with one attached hydrogen (secondary N) is 1. The summed E-state index contributed by atoms with van der Waals surface area (Å²) in [5.41, 5.74) is 5.00. The van der Waals surface area contributed by atoms with Crippen LogP contribution in [-0.2, 0) is 16.6 Å². The lowest BCUT2D eigenvalue weighted by atomic mass is 9.93. The summed E-state index contributed by atoms with van der Waals surface area (Å²) >= 11 is 0. The van der Waals surface area contributed by atoms with Crippen molar-refractivity contribution in [1.82, 2.24) is 5.32 Å². The Hall–Kier alpha value is -3.52. The van der Waals surface area contributed by atoms with Gasteiger partial charge in [-0.05, 0) is 97.5 Å². The number of ether oxygens (including phenoxy) is 2. The summed E-state index contributed by atoms with van der Waals surface area (Å²) in [4.78, 5) is 13.0. The molecular formula is C30H38N2O5S. The van der Waals surface area contributed by atoms with Gasteiger partial charge in [-0.3, -0.25) is 9.10 Å². The molecule has 0 unspecified atom stereocenters. The molecule has 3 rings (SSSR count). The molecule has 0 fully saturated rings. The van der Waals surface area contributed by atoms with Gasteiger partial charge in [-0.2, -0.15) is 0 Å². The van der Waals surface area contributed by atoms with Crippen molar-refractivity contribution in [2.75, 3.05) is 24.3 Å². The second-order valence-corrected chi connectivity index (χ2v) is 11.6. The van der Waals surface area contributed by atoms with Gasteiger partial charge in [0.15, 0.2) is 0 Å². The normalized spacial score (nSPS) is 12.2. The molecule has 1 N–H and O–H groups in total. The van der Waals surface area contributed by atoms with E-state index in [-0.39, 0.29) is 24.4 Å². The molecule has 0 aliphatic rings. The third-order valence-electron chi connectivity index (χ3n) is 6.43. The quantitative estimate of drug-likeness (QED) is 0.325. The molecule has 0 aliphatic heterocycles. The van der Waals surface area contributed by atoms with E-state index >= 15 is 0 Å². The van der Waals surface area contributed by atoms with Crippen LogP contribution in [0.3, 0.4) is 0 Å². The second-order valence-electron chi connectivity index (χ2n) is 9.69. The molecular weight excluding hydrogens is 500 g/mol. The summed E-state index contributed by atoms with van der Waals surface area (Å²) < 4.78 is 37.4. The van der Waals surface area contributed by atoms with E-state index in [9.17, 15) is 13.2 Å². The van der Waals surface area contributed by atoms with E-state index in [1.807, 2.05) is 26.8 Å². The van der Waals surface area contributed by atoms with Crippen molar-refractivity contribution in [3.8, 4) is 11.5 Å². The van der Waals surface area contributed by atoms with Crippen LogP contribution < -0.4 is 19.1 Å². The molecule has 7 nitrogen and oxygen atoms in total. The Morgan fingerprint density at radius 2 is 1.61 bits per heavy atom. The smallest absolute Gasteiger partial charge is 0.251 e. The van der Waals surface area contributed by atoms with Crippen LogP contribution in [0.2, 0.25) is 0 Å². The molecule has 1 atom stereocenters. The minimum Gasteiger partial charge on any atom is -0.496 e. The van der Waals surface area contributed by atoms with Crippen LogP contribution in [0.25, 0.3) is 0 Å². The molecule has 8 heteroatoms.